The average molecular weight is 277 g/mol. The van der Waals surface area contributed by atoms with Crippen LogP contribution in [0.5, 0.6) is 0 Å². The summed E-state index contributed by atoms with van der Waals surface area (Å²) in [4.78, 5) is 8.63. The summed E-state index contributed by atoms with van der Waals surface area (Å²) in [6, 6.07) is 0. The molecular weight excluding hydrogens is 259 g/mol. The van der Waals surface area contributed by atoms with Gasteiger partial charge in [-0.05, 0) is 19.3 Å². The summed E-state index contributed by atoms with van der Waals surface area (Å²) in [6.45, 7) is 7.94. The minimum Gasteiger partial charge on any atom is -0.371 e. The van der Waals surface area contributed by atoms with Crippen molar-refractivity contribution in [2.24, 2.45) is 0 Å². The third-order valence-electron chi connectivity index (χ3n) is 3.03. The van der Waals surface area contributed by atoms with Crippen molar-refractivity contribution >= 4 is 23.2 Å². The second kappa shape index (κ2) is 5.51. The summed E-state index contributed by atoms with van der Waals surface area (Å²) in [5.74, 6) is 0.723. The van der Waals surface area contributed by atoms with Crippen LogP contribution in [0.1, 0.15) is 51.4 Å². The number of halogens is 2. The Morgan fingerprint density at radius 1 is 1.24 bits per heavy atom. The molecule has 1 aromatic rings. The summed E-state index contributed by atoms with van der Waals surface area (Å²) in [5, 5.41) is 0.818. The lowest BCUT2D eigenvalue weighted by molar-refractivity contribution is -0.00901. The Morgan fingerprint density at radius 2 is 1.71 bits per heavy atom. The SMILES string of the molecule is CCC(C)(OC)c1nc(Cl)c(C(C)C)c(Cl)n1. The van der Waals surface area contributed by atoms with Gasteiger partial charge in [0.25, 0.3) is 0 Å². The molecule has 5 heteroatoms. The Balaban J connectivity index is 3.32. The van der Waals surface area contributed by atoms with Crippen LogP contribution >= 0.6 is 23.2 Å². The van der Waals surface area contributed by atoms with E-state index in [1.807, 2.05) is 27.7 Å². The van der Waals surface area contributed by atoms with Gasteiger partial charge in [0.1, 0.15) is 15.9 Å². The van der Waals surface area contributed by atoms with Gasteiger partial charge in [0.15, 0.2) is 5.82 Å². The Bertz CT molecular complexity index is 380. The number of methoxy groups -OCH3 is 1. The third-order valence-corrected chi connectivity index (χ3v) is 3.60. The maximum absolute atomic E-state index is 6.16. The first kappa shape index (κ1) is 14.7. The van der Waals surface area contributed by atoms with Crippen LogP contribution in [0, 0.1) is 0 Å². The van der Waals surface area contributed by atoms with Crippen LogP contribution in [0.25, 0.3) is 0 Å². The van der Waals surface area contributed by atoms with E-state index in [1.54, 1.807) is 7.11 Å². The van der Waals surface area contributed by atoms with Gasteiger partial charge in [0.2, 0.25) is 0 Å². The smallest absolute Gasteiger partial charge is 0.163 e. The molecule has 0 amide bonds. The summed E-state index contributed by atoms with van der Waals surface area (Å²) >= 11 is 12.3. The van der Waals surface area contributed by atoms with E-state index in [9.17, 15) is 0 Å². The molecule has 17 heavy (non-hydrogen) atoms. The molecule has 0 aromatic carbocycles. The fraction of sp³-hybridized carbons (Fsp3) is 0.667. The van der Waals surface area contributed by atoms with Gasteiger partial charge in [0, 0.05) is 12.7 Å². The largest absolute Gasteiger partial charge is 0.371 e. The zero-order valence-corrected chi connectivity index (χ0v) is 12.4. The molecule has 0 saturated heterocycles. The highest BCUT2D eigenvalue weighted by Crippen LogP contribution is 2.33. The molecule has 1 atom stereocenters. The predicted octanol–water partition coefficient (Wildman–Crippen LogP) is 4.18. The van der Waals surface area contributed by atoms with Crippen molar-refractivity contribution in [2.75, 3.05) is 7.11 Å². The van der Waals surface area contributed by atoms with E-state index < -0.39 is 5.60 Å². The van der Waals surface area contributed by atoms with Gasteiger partial charge in [-0.2, -0.15) is 0 Å². The summed E-state index contributed by atoms with van der Waals surface area (Å²) < 4.78 is 5.44. The van der Waals surface area contributed by atoms with E-state index in [2.05, 4.69) is 9.97 Å². The highest BCUT2D eigenvalue weighted by atomic mass is 35.5. The van der Waals surface area contributed by atoms with Gasteiger partial charge >= 0.3 is 0 Å². The maximum atomic E-state index is 6.16. The van der Waals surface area contributed by atoms with Crippen molar-refractivity contribution in [3.05, 3.63) is 21.7 Å². The van der Waals surface area contributed by atoms with E-state index in [4.69, 9.17) is 27.9 Å². The fourth-order valence-corrected chi connectivity index (χ4v) is 2.35. The minimum absolute atomic E-state index is 0.194. The first-order valence-electron chi connectivity index (χ1n) is 5.64. The van der Waals surface area contributed by atoms with E-state index >= 15 is 0 Å². The van der Waals surface area contributed by atoms with Crippen molar-refractivity contribution in [1.29, 1.82) is 0 Å². The molecule has 96 valence electrons. The van der Waals surface area contributed by atoms with Crippen LogP contribution in [-0.2, 0) is 10.3 Å². The first-order chi connectivity index (χ1) is 7.85. The molecular formula is C12H18Cl2N2O. The predicted molar refractivity (Wildman–Crippen MR) is 70.8 cm³/mol. The van der Waals surface area contributed by atoms with Crippen LogP contribution in [0.3, 0.4) is 0 Å². The van der Waals surface area contributed by atoms with Gasteiger partial charge in [-0.3, -0.25) is 0 Å². The number of rotatable bonds is 4. The average Bonchev–Trinajstić information content (AvgIpc) is 2.26. The molecule has 1 heterocycles. The van der Waals surface area contributed by atoms with Gasteiger partial charge in [-0.1, -0.05) is 44.0 Å². The van der Waals surface area contributed by atoms with E-state index in [0.29, 0.717) is 16.1 Å². The molecule has 0 aliphatic heterocycles. The Hall–Kier alpha value is -0.380. The normalized spacial score (nSPS) is 15.1. The molecule has 0 fully saturated rings. The summed E-state index contributed by atoms with van der Waals surface area (Å²) in [7, 11) is 1.63. The van der Waals surface area contributed by atoms with Gasteiger partial charge in [0.05, 0.1) is 0 Å². The van der Waals surface area contributed by atoms with Gasteiger partial charge in [-0.25, -0.2) is 9.97 Å². The van der Waals surface area contributed by atoms with Gasteiger partial charge < -0.3 is 4.74 Å². The third kappa shape index (κ3) is 2.90. The Kier molecular flexibility index (Phi) is 4.76. The van der Waals surface area contributed by atoms with Crippen molar-refractivity contribution in [1.82, 2.24) is 9.97 Å². The van der Waals surface area contributed by atoms with Crippen molar-refractivity contribution in [2.45, 2.75) is 45.6 Å². The lowest BCUT2D eigenvalue weighted by Crippen LogP contribution is -2.26. The zero-order chi connectivity index (χ0) is 13.2. The number of ether oxygens (including phenoxy) is 1. The highest BCUT2D eigenvalue weighted by molar-refractivity contribution is 6.34. The molecule has 0 aliphatic carbocycles. The fourth-order valence-electron chi connectivity index (χ4n) is 1.52. The van der Waals surface area contributed by atoms with Crippen molar-refractivity contribution in [3.8, 4) is 0 Å². The molecule has 0 aliphatic rings. The molecule has 1 unspecified atom stereocenters. The van der Waals surface area contributed by atoms with Crippen LogP contribution in [0.2, 0.25) is 10.3 Å². The van der Waals surface area contributed by atoms with E-state index in [1.165, 1.54) is 0 Å². The molecule has 0 bridgehead atoms. The van der Waals surface area contributed by atoms with Crippen LogP contribution < -0.4 is 0 Å². The van der Waals surface area contributed by atoms with Gasteiger partial charge in [-0.15, -0.1) is 0 Å². The highest BCUT2D eigenvalue weighted by Gasteiger charge is 2.29. The number of nitrogens with zero attached hydrogens (tertiary/aromatic N) is 2. The zero-order valence-electron chi connectivity index (χ0n) is 10.8. The van der Waals surface area contributed by atoms with Crippen molar-refractivity contribution in [3.63, 3.8) is 0 Å². The van der Waals surface area contributed by atoms with Crippen LogP contribution in [-0.4, -0.2) is 17.1 Å². The van der Waals surface area contributed by atoms with Crippen LogP contribution in [0.4, 0.5) is 0 Å². The molecule has 0 saturated carbocycles. The summed E-state index contributed by atoms with van der Waals surface area (Å²) in [6.07, 6.45) is 0.747. The molecule has 0 N–H and O–H groups in total. The molecule has 3 nitrogen and oxygen atoms in total. The maximum Gasteiger partial charge on any atom is 0.163 e. The quantitative estimate of drug-likeness (QED) is 0.774. The molecule has 1 aromatic heterocycles. The lowest BCUT2D eigenvalue weighted by atomic mass is 10.0. The minimum atomic E-state index is -0.553. The number of hydrogen-bond donors (Lipinski definition) is 0. The molecule has 0 radical (unpaired) electrons. The topological polar surface area (TPSA) is 35.0 Å². The van der Waals surface area contributed by atoms with E-state index in [-0.39, 0.29) is 5.92 Å². The first-order valence-corrected chi connectivity index (χ1v) is 6.39. The number of hydrogen-bond acceptors (Lipinski definition) is 3. The number of aromatic nitrogens is 2. The molecule has 1 rings (SSSR count). The Morgan fingerprint density at radius 3 is 2.00 bits per heavy atom. The second-order valence-corrected chi connectivity index (χ2v) is 5.20. The monoisotopic (exact) mass is 276 g/mol. The Labute approximate surface area is 113 Å². The molecule has 0 spiro atoms. The standard InChI is InChI=1S/C12H18Cl2N2O/c1-6-12(4,17-5)11-15-9(13)8(7(2)3)10(14)16-11/h7H,6H2,1-5H3. The second-order valence-electron chi connectivity index (χ2n) is 4.49. The summed E-state index contributed by atoms with van der Waals surface area (Å²) in [5.41, 5.74) is 0.231. The van der Waals surface area contributed by atoms with Crippen LogP contribution in [0.15, 0.2) is 0 Å². The van der Waals surface area contributed by atoms with E-state index in [0.717, 1.165) is 12.0 Å². The van der Waals surface area contributed by atoms with Crippen molar-refractivity contribution < 1.29 is 4.74 Å². The lowest BCUT2D eigenvalue weighted by Gasteiger charge is -2.25.